The molecule has 26 heavy (non-hydrogen) atoms. The number of carbonyl (C=O) groups excluding carboxylic acids is 2. The monoisotopic (exact) mass is 437 g/mol. The molecule has 2 N–H and O–H groups in total. The van der Waals surface area contributed by atoms with E-state index < -0.39 is 11.8 Å². The fourth-order valence-corrected chi connectivity index (χ4v) is 2.59. The van der Waals surface area contributed by atoms with Crippen LogP contribution in [0.2, 0.25) is 5.02 Å². The molecule has 8 heteroatoms. The average Bonchev–Trinajstić information content (AvgIpc) is 2.59. The first-order chi connectivity index (χ1) is 12.5. The maximum absolute atomic E-state index is 11.9. The Hall–Kier alpha value is -2.38. The van der Waals surface area contributed by atoms with Gasteiger partial charge in [0.2, 0.25) is 11.8 Å². The van der Waals surface area contributed by atoms with Gasteiger partial charge in [-0.1, -0.05) is 23.7 Å². The number of hydrogen-bond acceptors (Lipinski definition) is 4. The van der Waals surface area contributed by atoms with Crippen molar-refractivity contribution in [2.24, 2.45) is 5.10 Å². The molecule has 0 bridgehead atoms. The Labute approximate surface area is 164 Å². The molecule has 0 fully saturated rings. The Balaban J connectivity index is 1.90. The van der Waals surface area contributed by atoms with E-state index in [-0.39, 0.29) is 6.42 Å². The average molecular weight is 439 g/mol. The summed E-state index contributed by atoms with van der Waals surface area (Å²) in [4.78, 5) is 23.8. The number of carbonyl (C=O) groups is 2. The zero-order valence-corrected chi connectivity index (χ0v) is 16.3. The standard InChI is InChI=1S/C18H17BrClN3O3/c1-2-26-16-8-7-13(20)9-12(16)11-21-23-18(25)10-17(24)22-15-6-4-3-5-14(15)19/h3-9,11H,2,10H2,1H3,(H,22,24)(H,23,25). The predicted molar refractivity (Wildman–Crippen MR) is 106 cm³/mol. The first-order valence-corrected chi connectivity index (χ1v) is 8.95. The number of benzene rings is 2. The third kappa shape index (κ3) is 6.16. The van der Waals surface area contributed by atoms with Crippen molar-refractivity contribution in [1.82, 2.24) is 5.43 Å². The minimum absolute atomic E-state index is 0.355. The molecular formula is C18H17BrClN3O3. The zero-order valence-electron chi connectivity index (χ0n) is 14.0. The highest BCUT2D eigenvalue weighted by molar-refractivity contribution is 9.10. The molecule has 136 valence electrons. The van der Waals surface area contributed by atoms with Crippen LogP contribution in [0.25, 0.3) is 0 Å². The van der Waals surface area contributed by atoms with E-state index >= 15 is 0 Å². The van der Waals surface area contributed by atoms with Crippen molar-refractivity contribution in [3.05, 3.63) is 57.5 Å². The van der Waals surface area contributed by atoms with E-state index in [0.29, 0.717) is 28.6 Å². The van der Waals surface area contributed by atoms with E-state index in [4.69, 9.17) is 16.3 Å². The number of hydrogen-bond donors (Lipinski definition) is 2. The van der Waals surface area contributed by atoms with Crippen LogP contribution in [0, 0.1) is 0 Å². The van der Waals surface area contributed by atoms with Crippen molar-refractivity contribution < 1.29 is 14.3 Å². The van der Waals surface area contributed by atoms with E-state index in [9.17, 15) is 9.59 Å². The first-order valence-electron chi connectivity index (χ1n) is 7.78. The topological polar surface area (TPSA) is 79.8 Å². The van der Waals surface area contributed by atoms with E-state index in [1.54, 1.807) is 36.4 Å². The number of amides is 2. The molecule has 0 atom stereocenters. The van der Waals surface area contributed by atoms with Crippen molar-refractivity contribution in [2.45, 2.75) is 13.3 Å². The fraction of sp³-hybridized carbons (Fsp3) is 0.167. The smallest absolute Gasteiger partial charge is 0.249 e. The third-order valence-electron chi connectivity index (χ3n) is 3.13. The molecule has 0 spiro atoms. The second-order valence-electron chi connectivity index (χ2n) is 5.11. The van der Waals surface area contributed by atoms with Crippen molar-refractivity contribution in [3.63, 3.8) is 0 Å². The molecule has 0 saturated carbocycles. The van der Waals surface area contributed by atoms with Gasteiger partial charge >= 0.3 is 0 Å². The van der Waals surface area contributed by atoms with E-state index in [0.717, 1.165) is 4.47 Å². The molecule has 0 aromatic heterocycles. The Kier molecular flexibility index (Phi) is 7.62. The van der Waals surface area contributed by atoms with Gasteiger partial charge in [-0.05, 0) is 53.2 Å². The summed E-state index contributed by atoms with van der Waals surface area (Å²) < 4.78 is 6.19. The minimum atomic E-state index is -0.536. The summed E-state index contributed by atoms with van der Waals surface area (Å²) in [6.45, 7) is 2.35. The van der Waals surface area contributed by atoms with Gasteiger partial charge in [-0.25, -0.2) is 5.43 Å². The summed E-state index contributed by atoms with van der Waals surface area (Å²) in [6.07, 6.45) is 1.06. The van der Waals surface area contributed by atoms with Crippen LogP contribution in [-0.2, 0) is 9.59 Å². The number of para-hydroxylation sites is 1. The predicted octanol–water partition coefficient (Wildman–Crippen LogP) is 3.98. The molecule has 2 aromatic rings. The molecule has 0 unspecified atom stereocenters. The number of halogens is 2. The summed E-state index contributed by atoms with van der Waals surface area (Å²) in [5.41, 5.74) is 3.52. The van der Waals surface area contributed by atoms with Gasteiger partial charge in [0, 0.05) is 15.1 Å². The second-order valence-corrected chi connectivity index (χ2v) is 6.40. The number of anilines is 1. The van der Waals surface area contributed by atoms with E-state index in [2.05, 4.69) is 31.8 Å². The number of rotatable bonds is 7. The molecule has 0 aliphatic carbocycles. The molecule has 2 aromatic carbocycles. The van der Waals surface area contributed by atoms with Crippen LogP contribution in [0.1, 0.15) is 18.9 Å². The maximum atomic E-state index is 11.9. The molecule has 6 nitrogen and oxygen atoms in total. The van der Waals surface area contributed by atoms with Crippen LogP contribution in [0.5, 0.6) is 5.75 Å². The highest BCUT2D eigenvalue weighted by atomic mass is 79.9. The van der Waals surface area contributed by atoms with Crippen LogP contribution in [-0.4, -0.2) is 24.6 Å². The van der Waals surface area contributed by atoms with Crippen molar-refractivity contribution >= 4 is 51.2 Å². The molecule has 2 amide bonds. The highest BCUT2D eigenvalue weighted by Crippen LogP contribution is 2.22. The SMILES string of the molecule is CCOc1ccc(Cl)cc1C=NNC(=O)CC(=O)Nc1ccccc1Br. The van der Waals surface area contributed by atoms with E-state index in [1.165, 1.54) is 6.21 Å². The lowest BCUT2D eigenvalue weighted by Crippen LogP contribution is -2.24. The Morgan fingerprint density at radius 2 is 2.00 bits per heavy atom. The minimum Gasteiger partial charge on any atom is -0.493 e. The van der Waals surface area contributed by atoms with Gasteiger partial charge in [-0.3, -0.25) is 9.59 Å². The van der Waals surface area contributed by atoms with Gasteiger partial charge in [0.1, 0.15) is 12.2 Å². The lowest BCUT2D eigenvalue weighted by Gasteiger charge is -2.07. The molecule has 0 heterocycles. The zero-order chi connectivity index (χ0) is 18.9. The molecule has 0 radical (unpaired) electrons. The molecule has 2 rings (SSSR count). The van der Waals surface area contributed by atoms with Crippen molar-refractivity contribution in [1.29, 1.82) is 0 Å². The van der Waals surface area contributed by atoms with Crippen LogP contribution < -0.4 is 15.5 Å². The lowest BCUT2D eigenvalue weighted by molar-refractivity contribution is -0.126. The molecule has 0 aliphatic rings. The van der Waals surface area contributed by atoms with Crippen LogP contribution in [0.15, 0.2) is 52.0 Å². The van der Waals surface area contributed by atoms with Crippen LogP contribution in [0.4, 0.5) is 5.69 Å². The number of nitrogens with one attached hydrogen (secondary N) is 2. The quantitative estimate of drug-likeness (QED) is 0.390. The normalized spacial score (nSPS) is 10.6. The number of hydrazone groups is 1. The number of nitrogens with zero attached hydrogens (tertiary/aromatic N) is 1. The largest absolute Gasteiger partial charge is 0.493 e. The van der Waals surface area contributed by atoms with Crippen LogP contribution >= 0.6 is 27.5 Å². The van der Waals surface area contributed by atoms with Gasteiger partial charge in [0.05, 0.1) is 18.5 Å². The van der Waals surface area contributed by atoms with Crippen molar-refractivity contribution in [3.8, 4) is 5.75 Å². The Bertz CT molecular complexity index is 827. The number of ether oxygens (including phenoxy) is 1. The van der Waals surface area contributed by atoms with Gasteiger partial charge in [-0.2, -0.15) is 5.10 Å². The van der Waals surface area contributed by atoms with Gasteiger partial charge in [-0.15, -0.1) is 0 Å². The maximum Gasteiger partial charge on any atom is 0.249 e. The summed E-state index contributed by atoms with van der Waals surface area (Å²) in [7, 11) is 0. The van der Waals surface area contributed by atoms with Gasteiger partial charge < -0.3 is 10.1 Å². The summed E-state index contributed by atoms with van der Waals surface area (Å²) in [5.74, 6) is -0.380. The Morgan fingerprint density at radius 3 is 2.73 bits per heavy atom. The lowest BCUT2D eigenvalue weighted by atomic mass is 10.2. The summed E-state index contributed by atoms with van der Waals surface area (Å²) in [5, 5.41) is 7.02. The van der Waals surface area contributed by atoms with Crippen LogP contribution in [0.3, 0.4) is 0 Å². The highest BCUT2D eigenvalue weighted by Gasteiger charge is 2.10. The van der Waals surface area contributed by atoms with Gasteiger partial charge in [0.25, 0.3) is 0 Å². The summed E-state index contributed by atoms with van der Waals surface area (Å²) >= 11 is 9.28. The second kappa shape index (κ2) is 9.94. The molecule has 0 saturated heterocycles. The first kappa shape index (κ1) is 19.9. The van der Waals surface area contributed by atoms with E-state index in [1.807, 2.05) is 13.0 Å². The molecular weight excluding hydrogens is 422 g/mol. The van der Waals surface area contributed by atoms with Crippen molar-refractivity contribution in [2.75, 3.05) is 11.9 Å². The fourth-order valence-electron chi connectivity index (χ4n) is 2.02. The summed E-state index contributed by atoms with van der Waals surface area (Å²) in [6, 6.07) is 12.2. The van der Waals surface area contributed by atoms with Gasteiger partial charge in [0.15, 0.2) is 0 Å². The Morgan fingerprint density at radius 1 is 1.23 bits per heavy atom. The molecule has 0 aliphatic heterocycles. The third-order valence-corrected chi connectivity index (χ3v) is 4.06.